The maximum atomic E-state index is 12.3. The van der Waals surface area contributed by atoms with Crippen LogP contribution in [0.2, 0.25) is 5.02 Å². The molecule has 2 aromatic rings. The maximum absolute atomic E-state index is 12.3. The topological polar surface area (TPSA) is 78.5 Å². The summed E-state index contributed by atoms with van der Waals surface area (Å²) < 4.78 is 5.53. The summed E-state index contributed by atoms with van der Waals surface area (Å²) in [6.45, 7) is 2.68. The number of aliphatic carboxylic acids is 1. The minimum atomic E-state index is -1.48. The third-order valence-corrected chi connectivity index (χ3v) is 3.78. The van der Waals surface area contributed by atoms with Crippen molar-refractivity contribution in [3.63, 3.8) is 0 Å². The summed E-state index contributed by atoms with van der Waals surface area (Å²) in [6, 6.07) is 13.0. The van der Waals surface area contributed by atoms with Crippen molar-refractivity contribution >= 4 is 29.6 Å². The number of carbonyl (C=O) groups is 2. The van der Waals surface area contributed by atoms with Crippen LogP contribution in [0, 0.1) is 0 Å². The van der Waals surface area contributed by atoms with E-state index in [0.29, 0.717) is 28.5 Å². The Bertz CT molecular complexity index is 782. The van der Waals surface area contributed by atoms with E-state index in [9.17, 15) is 14.7 Å². The number of unbranched alkanes of at least 4 members (excludes halogenated alkanes) is 1. The van der Waals surface area contributed by atoms with Crippen molar-refractivity contribution in [1.82, 2.24) is 5.32 Å². The zero-order valence-corrected chi connectivity index (χ0v) is 15.1. The van der Waals surface area contributed by atoms with Gasteiger partial charge in [0.1, 0.15) is 5.75 Å². The monoisotopic (exact) mass is 372 g/mol. The quantitative estimate of drug-likeness (QED) is 0.570. The van der Waals surface area contributed by atoms with Crippen molar-refractivity contribution in [1.29, 1.82) is 0 Å². The van der Waals surface area contributed by atoms with Gasteiger partial charge in [0, 0.05) is 10.6 Å². The molecule has 0 spiro atoms. The molecule has 0 heterocycles. The first-order chi connectivity index (χ1) is 12.5. The molecular formula is C20H19ClNO4-. The summed E-state index contributed by atoms with van der Waals surface area (Å²) in [4.78, 5) is 23.6. The molecule has 0 aromatic heterocycles. The Balaban J connectivity index is 2.07. The van der Waals surface area contributed by atoms with Gasteiger partial charge in [-0.25, -0.2) is 0 Å². The number of hydrogen-bond acceptors (Lipinski definition) is 4. The molecule has 0 aliphatic rings. The Hall–Kier alpha value is -2.79. The van der Waals surface area contributed by atoms with E-state index < -0.39 is 11.9 Å². The number of nitrogens with one attached hydrogen (secondary N) is 1. The summed E-state index contributed by atoms with van der Waals surface area (Å²) in [5.41, 5.74) is 0.560. The molecule has 0 bridgehead atoms. The molecule has 0 saturated heterocycles. The number of carbonyl (C=O) groups excluding carboxylic acids is 2. The number of benzene rings is 2. The van der Waals surface area contributed by atoms with E-state index in [2.05, 4.69) is 12.2 Å². The lowest BCUT2D eigenvalue weighted by atomic mass is 10.1. The van der Waals surface area contributed by atoms with Gasteiger partial charge in [-0.05, 0) is 54.5 Å². The van der Waals surface area contributed by atoms with Crippen LogP contribution in [0.3, 0.4) is 0 Å². The average molecular weight is 373 g/mol. The van der Waals surface area contributed by atoms with Gasteiger partial charge in [-0.2, -0.15) is 0 Å². The number of hydrogen-bond donors (Lipinski definition) is 1. The van der Waals surface area contributed by atoms with Crippen molar-refractivity contribution < 1.29 is 19.4 Å². The smallest absolute Gasteiger partial charge is 0.255 e. The molecule has 0 aliphatic heterocycles. The fraction of sp³-hybridized carbons (Fsp3) is 0.200. The van der Waals surface area contributed by atoms with E-state index in [0.717, 1.165) is 12.8 Å². The Morgan fingerprint density at radius 1 is 1.12 bits per heavy atom. The first kappa shape index (κ1) is 19.5. The zero-order chi connectivity index (χ0) is 18.9. The first-order valence-corrected chi connectivity index (χ1v) is 8.60. The van der Waals surface area contributed by atoms with Crippen molar-refractivity contribution in [2.45, 2.75) is 19.8 Å². The fourth-order valence-electron chi connectivity index (χ4n) is 2.10. The average Bonchev–Trinajstić information content (AvgIpc) is 2.63. The highest BCUT2D eigenvalue weighted by molar-refractivity contribution is 6.30. The van der Waals surface area contributed by atoms with E-state index in [1.165, 1.54) is 6.08 Å². The van der Waals surface area contributed by atoms with Gasteiger partial charge in [-0.3, -0.25) is 4.79 Å². The number of ether oxygens (including phenoxy) is 1. The molecule has 0 saturated carbocycles. The molecule has 26 heavy (non-hydrogen) atoms. The molecule has 2 rings (SSSR count). The van der Waals surface area contributed by atoms with Gasteiger partial charge in [-0.1, -0.05) is 37.1 Å². The van der Waals surface area contributed by atoms with Gasteiger partial charge in [0.05, 0.1) is 18.3 Å². The normalized spacial score (nSPS) is 11.1. The van der Waals surface area contributed by atoms with Crippen molar-refractivity contribution in [2.24, 2.45) is 0 Å². The van der Waals surface area contributed by atoms with Crippen LogP contribution in [0.4, 0.5) is 0 Å². The third kappa shape index (κ3) is 5.93. The molecule has 0 atom stereocenters. The Kier molecular flexibility index (Phi) is 7.24. The molecule has 0 radical (unpaired) electrons. The van der Waals surface area contributed by atoms with Crippen LogP contribution in [0.5, 0.6) is 5.75 Å². The second kappa shape index (κ2) is 9.63. The van der Waals surface area contributed by atoms with Gasteiger partial charge < -0.3 is 20.0 Å². The van der Waals surface area contributed by atoms with Crippen molar-refractivity contribution in [3.05, 3.63) is 70.4 Å². The Morgan fingerprint density at radius 3 is 2.35 bits per heavy atom. The first-order valence-electron chi connectivity index (χ1n) is 8.22. The standard InChI is InChI=1S/C20H20ClNO4/c1-2-3-12-26-17-10-6-15(7-11-17)19(23)22-18(20(24)25)13-14-4-8-16(21)9-5-14/h4-11,13H,2-3,12H2,1H3,(H,22,23)(H,24,25)/p-1/b18-13+. The molecular weight excluding hydrogens is 354 g/mol. The van der Waals surface area contributed by atoms with E-state index in [1.54, 1.807) is 48.5 Å². The van der Waals surface area contributed by atoms with Crippen LogP contribution >= 0.6 is 11.6 Å². The molecule has 0 aliphatic carbocycles. The molecule has 1 N–H and O–H groups in total. The predicted molar refractivity (Wildman–Crippen MR) is 98.7 cm³/mol. The van der Waals surface area contributed by atoms with Gasteiger partial charge in [0.15, 0.2) is 0 Å². The van der Waals surface area contributed by atoms with E-state index in [-0.39, 0.29) is 5.70 Å². The van der Waals surface area contributed by atoms with Crippen LogP contribution in [0.15, 0.2) is 54.2 Å². The van der Waals surface area contributed by atoms with E-state index >= 15 is 0 Å². The van der Waals surface area contributed by atoms with E-state index in [1.807, 2.05) is 0 Å². The predicted octanol–water partition coefficient (Wildman–Crippen LogP) is 3.04. The number of amides is 1. The number of rotatable bonds is 8. The third-order valence-electron chi connectivity index (χ3n) is 3.53. The zero-order valence-electron chi connectivity index (χ0n) is 14.3. The highest BCUT2D eigenvalue weighted by Crippen LogP contribution is 2.14. The molecule has 136 valence electrons. The second-order valence-corrected chi connectivity index (χ2v) is 6.01. The minimum absolute atomic E-state index is 0.316. The van der Waals surface area contributed by atoms with Gasteiger partial charge in [0.2, 0.25) is 0 Å². The lowest BCUT2D eigenvalue weighted by molar-refractivity contribution is -0.299. The van der Waals surface area contributed by atoms with Crippen molar-refractivity contribution in [3.8, 4) is 5.75 Å². The SMILES string of the molecule is CCCCOc1ccc(C(=O)N/C(=C/c2ccc(Cl)cc2)C(=O)[O-])cc1. The van der Waals surface area contributed by atoms with Crippen LogP contribution in [-0.4, -0.2) is 18.5 Å². The maximum Gasteiger partial charge on any atom is 0.255 e. The highest BCUT2D eigenvalue weighted by atomic mass is 35.5. The lowest BCUT2D eigenvalue weighted by Crippen LogP contribution is -2.35. The van der Waals surface area contributed by atoms with Crippen LogP contribution < -0.4 is 15.2 Å². The van der Waals surface area contributed by atoms with Crippen LogP contribution in [0.25, 0.3) is 6.08 Å². The largest absolute Gasteiger partial charge is 0.543 e. The van der Waals surface area contributed by atoms with Gasteiger partial charge in [0.25, 0.3) is 5.91 Å². The summed E-state index contributed by atoms with van der Waals surface area (Å²) in [5, 5.41) is 14.2. The van der Waals surface area contributed by atoms with Crippen molar-refractivity contribution in [2.75, 3.05) is 6.61 Å². The molecule has 0 fully saturated rings. The van der Waals surface area contributed by atoms with Gasteiger partial charge >= 0.3 is 0 Å². The molecule has 0 unspecified atom stereocenters. The Labute approximate surface area is 157 Å². The Morgan fingerprint density at radius 2 is 1.77 bits per heavy atom. The number of carboxylic acids is 1. The second-order valence-electron chi connectivity index (χ2n) is 5.58. The molecule has 2 aromatic carbocycles. The highest BCUT2D eigenvalue weighted by Gasteiger charge is 2.09. The molecule has 5 nitrogen and oxygen atoms in total. The summed E-state index contributed by atoms with van der Waals surface area (Å²) in [5.74, 6) is -1.37. The summed E-state index contributed by atoms with van der Waals surface area (Å²) in [7, 11) is 0. The summed E-state index contributed by atoms with van der Waals surface area (Å²) >= 11 is 5.80. The van der Waals surface area contributed by atoms with E-state index in [4.69, 9.17) is 16.3 Å². The number of carboxylic acid groups (broad SMARTS) is 1. The fourth-order valence-corrected chi connectivity index (χ4v) is 2.23. The minimum Gasteiger partial charge on any atom is -0.543 e. The number of halogens is 1. The summed E-state index contributed by atoms with van der Waals surface area (Å²) in [6.07, 6.45) is 3.30. The lowest BCUT2D eigenvalue weighted by Gasteiger charge is -2.12. The van der Waals surface area contributed by atoms with Crippen LogP contribution in [-0.2, 0) is 4.79 Å². The van der Waals surface area contributed by atoms with Crippen LogP contribution in [0.1, 0.15) is 35.7 Å². The molecule has 6 heteroatoms. The van der Waals surface area contributed by atoms with Gasteiger partial charge in [-0.15, -0.1) is 0 Å². The molecule has 1 amide bonds.